The number of hydrogen-bond donors (Lipinski definition) is 2. The molecule has 2 aromatic carbocycles. The van der Waals surface area contributed by atoms with Gasteiger partial charge in [-0.2, -0.15) is 10.2 Å². The molecule has 0 saturated carbocycles. The van der Waals surface area contributed by atoms with Crippen LogP contribution in [0.4, 0.5) is 0 Å². The summed E-state index contributed by atoms with van der Waals surface area (Å²) in [6.07, 6.45) is 2.94. The van der Waals surface area contributed by atoms with Gasteiger partial charge in [0, 0.05) is 0 Å². The van der Waals surface area contributed by atoms with Crippen LogP contribution in [0, 0.1) is 6.92 Å². The Balaban J connectivity index is 1.71. The van der Waals surface area contributed by atoms with Crippen molar-refractivity contribution >= 4 is 12.1 Å². The third kappa shape index (κ3) is 3.56. The molecule has 0 radical (unpaired) electrons. The van der Waals surface area contributed by atoms with E-state index in [1.807, 2.05) is 37.3 Å². The van der Waals surface area contributed by atoms with Gasteiger partial charge in [0.25, 0.3) is 5.91 Å². The molecular formula is C19H18N4O3. The molecule has 7 heteroatoms. The number of benzene rings is 2. The second-order valence-electron chi connectivity index (χ2n) is 5.52. The fourth-order valence-electron chi connectivity index (χ4n) is 2.48. The van der Waals surface area contributed by atoms with Crippen LogP contribution in [0.25, 0.3) is 5.69 Å². The Hall–Kier alpha value is -3.61. The van der Waals surface area contributed by atoms with Crippen LogP contribution in [0.3, 0.4) is 0 Å². The van der Waals surface area contributed by atoms with Gasteiger partial charge in [0.15, 0.2) is 11.5 Å². The molecule has 0 aliphatic carbocycles. The number of nitrogens with zero attached hydrogens (tertiary/aromatic N) is 3. The van der Waals surface area contributed by atoms with Crippen LogP contribution in [0.1, 0.15) is 21.6 Å². The van der Waals surface area contributed by atoms with Crippen LogP contribution in [-0.2, 0) is 0 Å². The topological polar surface area (TPSA) is 88.7 Å². The Morgan fingerprint density at radius 2 is 2.04 bits per heavy atom. The molecule has 0 saturated heterocycles. The smallest absolute Gasteiger partial charge is 0.274 e. The minimum absolute atomic E-state index is 0.00255. The molecule has 0 atom stereocenters. The van der Waals surface area contributed by atoms with Crippen molar-refractivity contribution in [1.29, 1.82) is 0 Å². The number of aromatic hydroxyl groups is 1. The summed E-state index contributed by atoms with van der Waals surface area (Å²) in [5, 5.41) is 17.9. The number of rotatable bonds is 5. The van der Waals surface area contributed by atoms with Crippen LogP contribution in [0.15, 0.2) is 59.8 Å². The maximum Gasteiger partial charge on any atom is 0.274 e. The summed E-state index contributed by atoms with van der Waals surface area (Å²) < 4.78 is 6.67. The van der Waals surface area contributed by atoms with Crippen molar-refractivity contribution in [2.75, 3.05) is 7.11 Å². The fraction of sp³-hybridized carbons (Fsp3) is 0.105. The maximum atomic E-state index is 12.3. The van der Waals surface area contributed by atoms with E-state index in [1.54, 1.807) is 16.8 Å². The molecule has 0 aliphatic heterocycles. The SMILES string of the molecule is COc1ccc(C=NNC(=O)c2cnn(-c3ccccc3)c2C)cc1O. The third-order valence-electron chi connectivity index (χ3n) is 3.84. The molecule has 0 unspecified atom stereocenters. The van der Waals surface area contributed by atoms with E-state index in [9.17, 15) is 9.90 Å². The average Bonchev–Trinajstić information content (AvgIpc) is 3.04. The molecule has 1 aromatic heterocycles. The Morgan fingerprint density at radius 1 is 1.27 bits per heavy atom. The molecule has 0 bridgehead atoms. The Labute approximate surface area is 150 Å². The first-order chi connectivity index (χ1) is 12.6. The number of hydrazone groups is 1. The number of aromatic nitrogens is 2. The van der Waals surface area contributed by atoms with Crippen LogP contribution >= 0.6 is 0 Å². The van der Waals surface area contributed by atoms with Crippen molar-refractivity contribution < 1.29 is 14.6 Å². The summed E-state index contributed by atoms with van der Waals surface area (Å²) in [5.41, 5.74) is 5.11. The number of phenols is 1. The standard InChI is InChI=1S/C19H18N4O3/c1-13-16(12-21-23(13)15-6-4-3-5-7-15)19(25)22-20-11-14-8-9-18(26-2)17(24)10-14/h3-12,24H,1-2H3,(H,22,25). The summed E-state index contributed by atoms with van der Waals surface area (Å²) in [5.74, 6) is 0.0107. The highest BCUT2D eigenvalue weighted by atomic mass is 16.5. The van der Waals surface area contributed by atoms with Crippen LogP contribution in [0.2, 0.25) is 0 Å². The van der Waals surface area contributed by atoms with E-state index in [2.05, 4.69) is 15.6 Å². The summed E-state index contributed by atoms with van der Waals surface area (Å²) in [6.45, 7) is 1.82. The van der Waals surface area contributed by atoms with Gasteiger partial charge in [0.2, 0.25) is 0 Å². The lowest BCUT2D eigenvalue weighted by Crippen LogP contribution is -2.18. The number of methoxy groups -OCH3 is 1. The van der Waals surface area contributed by atoms with Gasteiger partial charge in [-0.25, -0.2) is 10.1 Å². The van der Waals surface area contributed by atoms with Gasteiger partial charge in [-0.15, -0.1) is 0 Å². The summed E-state index contributed by atoms with van der Waals surface area (Å²) in [6, 6.07) is 14.4. The van der Waals surface area contributed by atoms with Crippen molar-refractivity contribution in [3.05, 3.63) is 71.5 Å². The summed E-state index contributed by atoms with van der Waals surface area (Å²) >= 11 is 0. The quantitative estimate of drug-likeness (QED) is 0.547. The number of carbonyl (C=O) groups excluding carboxylic acids is 1. The minimum Gasteiger partial charge on any atom is -0.504 e. The van der Waals surface area contributed by atoms with Gasteiger partial charge in [-0.1, -0.05) is 18.2 Å². The highest BCUT2D eigenvalue weighted by molar-refractivity contribution is 5.95. The van der Waals surface area contributed by atoms with Crippen molar-refractivity contribution in [1.82, 2.24) is 15.2 Å². The van der Waals surface area contributed by atoms with E-state index in [-0.39, 0.29) is 11.7 Å². The predicted molar refractivity (Wildman–Crippen MR) is 98.0 cm³/mol. The predicted octanol–water partition coefficient (Wildman–Crippen LogP) is 2.66. The van der Waals surface area contributed by atoms with E-state index in [4.69, 9.17) is 4.74 Å². The van der Waals surface area contributed by atoms with Crippen molar-refractivity contribution in [2.24, 2.45) is 5.10 Å². The average molecular weight is 350 g/mol. The molecule has 3 rings (SSSR count). The van der Waals surface area contributed by atoms with Crippen LogP contribution < -0.4 is 10.2 Å². The number of hydrogen-bond acceptors (Lipinski definition) is 5. The summed E-state index contributed by atoms with van der Waals surface area (Å²) in [7, 11) is 1.47. The largest absolute Gasteiger partial charge is 0.504 e. The maximum absolute atomic E-state index is 12.3. The van der Waals surface area contributed by atoms with Gasteiger partial charge in [-0.3, -0.25) is 4.79 Å². The normalized spacial score (nSPS) is 10.8. The molecular weight excluding hydrogens is 332 g/mol. The number of nitrogens with one attached hydrogen (secondary N) is 1. The first-order valence-corrected chi connectivity index (χ1v) is 7.90. The number of carbonyl (C=O) groups is 1. The van der Waals surface area contributed by atoms with Gasteiger partial charge >= 0.3 is 0 Å². The van der Waals surface area contributed by atoms with Gasteiger partial charge < -0.3 is 9.84 Å². The second kappa shape index (κ2) is 7.52. The zero-order valence-corrected chi connectivity index (χ0v) is 14.4. The highest BCUT2D eigenvalue weighted by Gasteiger charge is 2.14. The number of phenolic OH excluding ortho intramolecular Hbond substituents is 1. The molecule has 7 nitrogen and oxygen atoms in total. The lowest BCUT2D eigenvalue weighted by molar-refractivity contribution is 0.0954. The van der Waals surface area contributed by atoms with Crippen molar-refractivity contribution in [3.63, 3.8) is 0 Å². The molecule has 2 N–H and O–H groups in total. The van der Waals surface area contributed by atoms with Gasteiger partial charge in [0.1, 0.15) is 0 Å². The summed E-state index contributed by atoms with van der Waals surface area (Å²) in [4.78, 5) is 12.3. The zero-order chi connectivity index (χ0) is 18.5. The van der Waals surface area contributed by atoms with E-state index in [0.29, 0.717) is 22.6 Å². The number of para-hydroxylation sites is 1. The van der Waals surface area contributed by atoms with Gasteiger partial charge in [-0.05, 0) is 42.8 Å². The monoisotopic (exact) mass is 350 g/mol. The van der Waals surface area contributed by atoms with E-state index in [1.165, 1.54) is 25.6 Å². The van der Waals surface area contributed by atoms with Crippen LogP contribution in [0.5, 0.6) is 11.5 Å². The molecule has 0 fully saturated rings. The number of ether oxygens (including phenoxy) is 1. The van der Waals surface area contributed by atoms with Crippen molar-refractivity contribution in [2.45, 2.75) is 6.92 Å². The molecule has 3 aromatic rings. The molecule has 1 heterocycles. The second-order valence-corrected chi connectivity index (χ2v) is 5.52. The first-order valence-electron chi connectivity index (χ1n) is 7.90. The molecule has 1 amide bonds. The lowest BCUT2D eigenvalue weighted by Gasteiger charge is -2.05. The highest BCUT2D eigenvalue weighted by Crippen LogP contribution is 2.25. The first kappa shape index (κ1) is 17.2. The minimum atomic E-state index is -0.362. The Bertz CT molecular complexity index is 949. The molecule has 132 valence electrons. The van der Waals surface area contributed by atoms with E-state index in [0.717, 1.165) is 5.69 Å². The van der Waals surface area contributed by atoms with Gasteiger partial charge in [0.05, 0.1) is 36.5 Å². The molecule has 26 heavy (non-hydrogen) atoms. The van der Waals surface area contributed by atoms with Crippen LogP contribution in [-0.4, -0.2) is 34.1 Å². The fourth-order valence-corrected chi connectivity index (χ4v) is 2.48. The number of amides is 1. The third-order valence-corrected chi connectivity index (χ3v) is 3.84. The Morgan fingerprint density at radius 3 is 2.73 bits per heavy atom. The molecule has 0 spiro atoms. The molecule has 0 aliphatic rings. The van der Waals surface area contributed by atoms with Crippen molar-refractivity contribution in [3.8, 4) is 17.2 Å². The Kier molecular flexibility index (Phi) is 4.98. The van der Waals surface area contributed by atoms with E-state index >= 15 is 0 Å². The zero-order valence-electron chi connectivity index (χ0n) is 14.4. The van der Waals surface area contributed by atoms with E-state index < -0.39 is 0 Å². The lowest BCUT2D eigenvalue weighted by atomic mass is 10.2.